The van der Waals surface area contributed by atoms with E-state index in [0.29, 0.717) is 16.8 Å². The Bertz CT molecular complexity index is 612. The van der Waals surface area contributed by atoms with Gasteiger partial charge in [-0.05, 0) is 24.3 Å². The lowest BCUT2D eigenvalue weighted by Gasteiger charge is -2.03. The van der Waals surface area contributed by atoms with Gasteiger partial charge in [-0.3, -0.25) is 4.98 Å². The van der Waals surface area contributed by atoms with Gasteiger partial charge in [0.2, 0.25) is 0 Å². The summed E-state index contributed by atoms with van der Waals surface area (Å²) in [7, 11) is 1.34. The molecule has 88 valence electrons. The van der Waals surface area contributed by atoms with Crippen LogP contribution in [0.3, 0.4) is 0 Å². The fourth-order valence-electron chi connectivity index (χ4n) is 1.55. The fraction of sp³-hybridized carbons (Fsp3) is 0.0714. The number of carbonyl (C=O) groups is 1. The second kappa shape index (κ2) is 5.11. The van der Waals surface area contributed by atoms with Crippen molar-refractivity contribution in [2.24, 2.45) is 0 Å². The van der Waals surface area contributed by atoms with E-state index in [-0.39, 0.29) is 5.97 Å². The first-order chi connectivity index (χ1) is 8.74. The SMILES string of the molecule is COC(=O)c1ccc(-c2cc(C#N)ccn2)cc1. The van der Waals surface area contributed by atoms with E-state index in [1.54, 1.807) is 42.6 Å². The average Bonchev–Trinajstić information content (AvgIpc) is 2.46. The molecule has 0 N–H and O–H groups in total. The molecule has 0 radical (unpaired) electrons. The maximum atomic E-state index is 11.3. The van der Waals surface area contributed by atoms with Crippen molar-refractivity contribution in [3.05, 3.63) is 53.7 Å². The fourth-order valence-corrected chi connectivity index (χ4v) is 1.55. The number of methoxy groups -OCH3 is 1. The number of esters is 1. The lowest BCUT2D eigenvalue weighted by Crippen LogP contribution is -2.00. The molecular weight excluding hydrogens is 228 g/mol. The van der Waals surface area contributed by atoms with Gasteiger partial charge in [-0.25, -0.2) is 4.79 Å². The van der Waals surface area contributed by atoms with E-state index in [9.17, 15) is 4.79 Å². The van der Waals surface area contributed by atoms with E-state index in [2.05, 4.69) is 15.8 Å². The number of ether oxygens (including phenoxy) is 1. The summed E-state index contributed by atoms with van der Waals surface area (Å²) >= 11 is 0. The maximum Gasteiger partial charge on any atom is 0.337 e. The van der Waals surface area contributed by atoms with Gasteiger partial charge in [0, 0.05) is 11.8 Å². The molecule has 0 saturated carbocycles. The third-order valence-corrected chi connectivity index (χ3v) is 2.49. The van der Waals surface area contributed by atoms with E-state index in [4.69, 9.17) is 5.26 Å². The van der Waals surface area contributed by atoms with Gasteiger partial charge in [0.05, 0.1) is 30.0 Å². The minimum atomic E-state index is -0.375. The zero-order chi connectivity index (χ0) is 13.0. The molecule has 0 aliphatic carbocycles. The lowest BCUT2D eigenvalue weighted by atomic mass is 10.1. The Balaban J connectivity index is 2.34. The number of nitrogens with zero attached hydrogens (tertiary/aromatic N) is 2. The number of pyridine rings is 1. The molecular formula is C14H10N2O2. The second-order valence-corrected chi connectivity index (χ2v) is 3.61. The van der Waals surface area contributed by atoms with Crippen molar-refractivity contribution in [3.8, 4) is 17.3 Å². The number of hydrogen-bond acceptors (Lipinski definition) is 4. The van der Waals surface area contributed by atoms with Crippen molar-refractivity contribution in [1.29, 1.82) is 5.26 Å². The van der Waals surface area contributed by atoms with Gasteiger partial charge in [-0.2, -0.15) is 5.26 Å². The van der Waals surface area contributed by atoms with Crippen LogP contribution in [0, 0.1) is 11.3 Å². The highest BCUT2D eigenvalue weighted by molar-refractivity contribution is 5.89. The molecule has 0 aliphatic heterocycles. The van der Waals surface area contributed by atoms with Crippen LogP contribution < -0.4 is 0 Å². The van der Waals surface area contributed by atoms with E-state index in [0.717, 1.165) is 5.56 Å². The molecule has 2 aromatic rings. The summed E-state index contributed by atoms with van der Waals surface area (Å²) < 4.78 is 4.62. The minimum absolute atomic E-state index is 0.375. The van der Waals surface area contributed by atoms with Crippen LogP contribution in [0.1, 0.15) is 15.9 Å². The van der Waals surface area contributed by atoms with Gasteiger partial charge in [0.1, 0.15) is 0 Å². The molecule has 0 atom stereocenters. The predicted molar refractivity (Wildman–Crippen MR) is 65.7 cm³/mol. The molecule has 1 aromatic carbocycles. The van der Waals surface area contributed by atoms with Crippen LogP contribution >= 0.6 is 0 Å². The smallest absolute Gasteiger partial charge is 0.337 e. The van der Waals surface area contributed by atoms with Crippen LogP contribution in [0.15, 0.2) is 42.6 Å². The van der Waals surface area contributed by atoms with Crippen LogP contribution in [0.5, 0.6) is 0 Å². The summed E-state index contributed by atoms with van der Waals surface area (Å²) in [5.41, 5.74) is 2.58. The molecule has 0 amide bonds. The number of hydrogen-bond donors (Lipinski definition) is 0. The van der Waals surface area contributed by atoms with Gasteiger partial charge in [-0.15, -0.1) is 0 Å². The molecule has 0 unspecified atom stereocenters. The summed E-state index contributed by atoms with van der Waals surface area (Å²) in [5.74, 6) is -0.375. The molecule has 0 bridgehead atoms. The Morgan fingerprint density at radius 1 is 1.28 bits per heavy atom. The normalized spacial score (nSPS) is 9.56. The molecule has 2 rings (SSSR count). The van der Waals surface area contributed by atoms with E-state index in [1.807, 2.05) is 0 Å². The highest BCUT2D eigenvalue weighted by atomic mass is 16.5. The van der Waals surface area contributed by atoms with Gasteiger partial charge < -0.3 is 4.74 Å². The van der Waals surface area contributed by atoms with Gasteiger partial charge in [0.15, 0.2) is 0 Å². The number of aromatic nitrogens is 1. The van der Waals surface area contributed by atoms with Crippen LogP contribution in [0.25, 0.3) is 11.3 Å². The summed E-state index contributed by atoms with van der Waals surface area (Å²) in [6.45, 7) is 0. The molecule has 1 heterocycles. The van der Waals surface area contributed by atoms with Crippen molar-refractivity contribution < 1.29 is 9.53 Å². The molecule has 0 fully saturated rings. The summed E-state index contributed by atoms with van der Waals surface area (Å²) in [5, 5.41) is 8.82. The highest BCUT2D eigenvalue weighted by Gasteiger charge is 2.06. The summed E-state index contributed by atoms with van der Waals surface area (Å²) in [6, 6.07) is 12.3. The van der Waals surface area contributed by atoms with Gasteiger partial charge >= 0.3 is 5.97 Å². The van der Waals surface area contributed by atoms with Crippen molar-refractivity contribution >= 4 is 5.97 Å². The summed E-state index contributed by atoms with van der Waals surface area (Å²) in [6.07, 6.45) is 1.59. The first kappa shape index (κ1) is 11.8. The highest BCUT2D eigenvalue weighted by Crippen LogP contribution is 2.18. The Kier molecular flexibility index (Phi) is 3.35. The molecule has 18 heavy (non-hydrogen) atoms. The van der Waals surface area contributed by atoms with Crippen molar-refractivity contribution in [2.45, 2.75) is 0 Å². The third-order valence-electron chi connectivity index (χ3n) is 2.49. The Morgan fingerprint density at radius 2 is 2.00 bits per heavy atom. The first-order valence-electron chi connectivity index (χ1n) is 5.29. The molecule has 1 aromatic heterocycles. The van der Waals surface area contributed by atoms with E-state index >= 15 is 0 Å². The Morgan fingerprint density at radius 3 is 2.61 bits per heavy atom. The molecule has 0 aliphatic rings. The molecule has 0 saturated heterocycles. The van der Waals surface area contributed by atoms with Gasteiger partial charge in [-0.1, -0.05) is 12.1 Å². The Hall–Kier alpha value is -2.67. The topological polar surface area (TPSA) is 63.0 Å². The summed E-state index contributed by atoms with van der Waals surface area (Å²) in [4.78, 5) is 15.5. The van der Waals surface area contributed by atoms with E-state index in [1.165, 1.54) is 7.11 Å². The number of benzene rings is 1. The quantitative estimate of drug-likeness (QED) is 0.753. The monoisotopic (exact) mass is 238 g/mol. The van der Waals surface area contributed by atoms with Crippen molar-refractivity contribution in [2.75, 3.05) is 7.11 Å². The number of nitriles is 1. The lowest BCUT2D eigenvalue weighted by molar-refractivity contribution is 0.0601. The zero-order valence-electron chi connectivity index (χ0n) is 9.75. The molecule has 4 heteroatoms. The average molecular weight is 238 g/mol. The number of rotatable bonds is 2. The second-order valence-electron chi connectivity index (χ2n) is 3.61. The number of carbonyl (C=O) groups excluding carboxylic acids is 1. The zero-order valence-corrected chi connectivity index (χ0v) is 9.75. The molecule has 4 nitrogen and oxygen atoms in total. The maximum absolute atomic E-state index is 11.3. The Labute approximate surface area is 104 Å². The van der Waals surface area contributed by atoms with Crippen LogP contribution in [-0.2, 0) is 4.74 Å². The van der Waals surface area contributed by atoms with Crippen molar-refractivity contribution in [1.82, 2.24) is 4.98 Å². The van der Waals surface area contributed by atoms with Crippen LogP contribution in [0.2, 0.25) is 0 Å². The van der Waals surface area contributed by atoms with E-state index < -0.39 is 0 Å². The van der Waals surface area contributed by atoms with Crippen molar-refractivity contribution in [3.63, 3.8) is 0 Å². The first-order valence-corrected chi connectivity index (χ1v) is 5.29. The standard InChI is InChI=1S/C14H10N2O2/c1-18-14(17)12-4-2-11(3-5-12)13-8-10(9-15)6-7-16-13/h2-8H,1H3. The third kappa shape index (κ3) is 2.36. The van der Waals surface area contributed by atoms with Crippen LogP contribution in [-0.4, -0.2) is 18.1 Å². The minimum Gasteiger partial charge on any atom is -0.465 e. The van der Waals surface area contributed by atoms with Crippen LogP contribution in [0.4, 0.5) is 0 Å². The molecule has 0 spiro atoms. The van der Waals surface area contributed by atoms with Gasteiger partial charge in [0.25, 0.3) is 0 Å². The largest absolute Gasteiger partial charge is 0.465 e. The predicted octanol–water partition coefficient (Wildman–Crippen LogP) is 2.41.